The lowest BCUT2D eigenvalue weighted by atomic mass is 9.96. The number of hydrogen-bond donors (Lipinski definition) is 1. The molecule has 1 aliphatic rings. The van der Waals surface area contributed by atoms with Crippen LogP contribution in [0.5, 0.6) is 0 Å². The van der Waals surface area contributed by atoms with E-state index in [9.17, 15) is 31.1 Å². The van der Waals surface area contributed by atoms with Gasteiger partial charge in [0.15, 0.2) is 11.5 Å². The normalized spacial score (nSPS) is 15.3. The van der Waals surface area contributed by atoms with Crippen molar-refractivity contribution in [1.82, 2.24) is 15.3 Å². The molecule has 1 amide bonds. The summed E-state index contributed by atoms with van der Waals surface area (Å²) in [5.74, 6) is -0.601. The summed E-state index contributed by atoms with van der Waals surface area (Å²) in [6, 6.07) is 2.76. The number of aromatic nitrogens is 2. The van der Waals surface area contributed by atoms with Gasteiger partial charge in [-0.2, -0.15) is 31.6 Å². The van der Waals surface area contributed by atoms with Crippen LogP contribution in [0.2, 0.25) is 0 Å². The summed E-state index contributed by atoms with van der Waals surface area (Å²) in [6.45, 7) is 1.11. The second-order valence-electron chi connectivity index (χ2n) is 7.28. The Morgan fingerprint density at radius 2 is 1.59 bits per heavy atom. The van der Waals surface area contributed by atoms with Gasteiger partial charge in [0.2, 0.25) is 0 Å². The molecule has 32 heavy (non-hydrogen) atoms. The number of anilines is 1. The Morgan fingerprint density at radius 3 is 2.12 bits per heavy atom. The maximum Gasteiger partial charge on any atom is 0.416 e. The molecular weight excluding hydrogens is 440 g/mol. The van der Waals surface area contributed by atoms with Crippen molar-refractivity contribution in [1.29, 1.82) is 5.26 Å². The van der Waals surface area contributed by atoms with E-state index < -0.39 is 35.0 Å². The van der Waals surface area contributed by atoms with E-state index in [4.69, 9.17) is 5.26 Å². The minimum absolute atomic E-state index is 0.0194. The molecule has 3 rings (SSSR count). The van der Waals surface area contributed by atoms with Crippen LogP contribution in [0.1, 0.15) is 40.0 Å². The summed E-state index contributed by atoms with van der Waals surface area (Å²) in [7, 11) is 0. The van der Waals surface area contributed by atoms with Crippen molar-refractivity contribution in [3.8, 4) is 6.07 Å². The molecule has 1 N–H and O–H groups in total. The number of amides is 1. The first kappa shape index (κ1) is 23.3. The first-order chi connectivity index (χ1) is 15.0. The van der Waals surface area contributed by atoms with Crippen LogP contribution in [0.25, 0.3) is 0 Å². The molecule has 1 aliphatic heterocycles. The number of hydrogen-bond acceptors (Lipinski definition) is 5. The third-order valence-corrected chi connectivity index (χ3v) is 5.10. The average molecular weight is 457 g/mol. The van der Waals surface area contributed by atoms with Crippen LogP contribution in [0, 0.1) is 17.2 Å². The van der Waals surface area contributed by atoms with Crippen molar-refractivity contribution >= 4 is 11.7 Å². The molecule has 0 bridgehead atoms. The number of benzene rings is 1. The fourth-order valence-electron chi connectivity index (χ4n) is 3.41. The molecule has 0 saturated carbocycles. The van der Waals surface area contributed by atoms with E-state index in [1.165, 1.54) is 12.4 Å². The van der Waals surface area contributed by atoms with Gasteiger partial charge in [0.25, 0.3) is 5.91 Å². The SMILES string of the molecule is N#Cc1nccnc1N1CCC(CNC(=O)c2cc(C(F)(F)F)cc(C(F)(F)F)c2)CC1. The van der Waals surface area contributed by atoms with Crippen LogP contribution in [0.4, 0.5) is 32.2 Å². The Labute approximate surface area is 178 Å². The number of carbonyl (C=O) groups is 1. The molecule has 0 atom stereocenters. The molecule has 0 unspecified atom stereocenters. The second kappa shape index (κ2) is 9.02. The molecular formula is C20H17F6N5O. The van der Waals surface area contributed by atoms with Gasteiger partial charge in [-0.1, -0.05) is 0 Å². The summed E-state index contributed by atoms with van der Waals surface area (Å²) in [5.41, 5.74) is -3.60. The maximum atomic E-state index is 13.0. The molecule has 1 aromatic carbocycles. The second-order valence-corrected chi connectivity index (χ2v) is 7.28. The number of carbonyl (C=O) groups excluding carboxylic acids is 1. The standard InChI is InChI=1S/C20H17F6N5O/c21-19(22,23)14-7-13(8-15(9-14)20(24,25)26)18(32)30-11-12-1-5-31(6-2-12)17-16(10-27)28-3-4-29-17/h3-4,7-9,12H,1-2,5-6,11H2,(H,30,32). The topological polar surface area (TPSA) is 81.9 Å². The van der Waals surface area contributed by atoms with Gasteiger partial charge in [-0.15, -0.1) is 0 Å². The van der Waals surface area contributed by atoms with Crippen LogP contribution in [-0.4, -0.2) is 35.5 Å². The number of halogens is 6. The Hall–Kier alpha value is -3.36. The van der Waals surface area contributed by atoms with E-state index in [2.05, 4.69) is 15.3 Å². The van der Waals surface area contributed by atoms with Gasteiger partial charge < -0.3 is 10.2 Å². The predicted molar refractivity (Wildman–Crippen MR) is 100 cm³/mol. The zero-order valence-corrected chi connectivity index (χ0v) is 16.5. The van der Waals surface area contributed by atoms with E-state index in [1.807, 2.05) is 11.0 Å². The molecule has 6 nitrogen and oxygen atoms in total. The Bertz CT molecular complexity index is 990. The number of piperidine rings is 1. The summed E-state index contributed by atoms with van der Waals surface area (Å²) >= 11 is 0. The molecule has 12 heteroatoms. The van der Waals surface area contributed by atoms with E-state index in [1.54, 1.807) is 0 Å². The summed E-state index contributed by atoms with van der Waals surface area (Å²) in [5, 5.41) is 11.6. The summed E-state index contributed by atoms with van der Waals surface area (Å²) in [4.78, 5) is 22.3. The molecule has 1 fully saturated rings. The number of rotatable bonds is 4. The van der Waals surface area contributed by atoms with Crippen molar-refractivity contribution in [2.75, 3.05) is 24.5 Å². The van der Waals surface area contributed by atoms with Crippen LogP contribution in [0.15, 0.2) is 30.6 Å². The number of nitriles is 1. The highest BCUT2D eigenvalue weighted by Gasteiger charge is 2.37. The fraction of sp³-hybridized carbons (Fsp3) is 0.400. The Balaban J connectivity index is 1.64. The van der Waals surface area contributed by atoms with Crippen molar-refractivity contribution in [2.45, 2.75) is 25.2 Å². The Morgan fingerprint density at radius 1 is 1.03 bits per heavy atom. The van der Waals surface area contributed by atoms with Gasteiger partial charge in [-0.3, -0.25) is 4.79 Å². The molecule has 2 heterocycles. The van der Waals surface area contributed by atoms with Gasteiger partial charge in [-0.05, 0) is 37.0 Å². The van der Waals surface area contributed by atoms with Crippen molar-refractivity contribution < 1.29 is 31.1 Å². The molecule has 0 radical (unpaired) electrons. The van der Waals surface area contributed by atoms with E-state index in [0.29, 0.717) is 43.9 Å². The van der Waals surface area contributed by atoms with Gasteiger partial charge in [0.1, 0.15) is 6.07 Å². The highest BCUT2D eigenvalue weighted by molar-refractivity contribution is 5.94. The van der Waals surface area contributed by atoms with E-state index >= 15 is 0 Å². The minimum Gasteiger partial charge on any atom is -0.354 e. The molecule has 2 aromatic rings. The average Bonchev–Trinajstić information content (AvgIpc) is 2.76. The first-order valence-electron chi connectivity index (χ1n) is 9.52. The lowest BCUT2D eigenvalue weighted by Crippen LogP contribution is -2.39. The van der Waals surface area contributed by atoms with Crippen LogP contribution in [-0.2, 0) is 12.4 Å². The van der Waals surface area contributed by atoms with Crippen molar-refractivity contribution in [3.05, 3.63) is 53.0 Å². The quantitative estimate of drug-likeness (QED) is 0.702. The first-order valence-corrected chi connectivity index (χ1v) is 9.52. The van der Waals surface area contributed by atoms with Gasteiger partial charge >= 0.3 is 12.4 Å². The molecule has 170 valence electrons. The van der Waals surface area contributed by atoms with Gasteiger partial charge in [0.05, 0.1) is 11.1 Å². The fourth-order valence-corrected chi connectivity index (χ4v) is 3.41. The third-order valence-electron chi connectivity index (χ3n) is 5.10. The summed E-state index contributed by atoms with van der Waals surface area (Å²) < 4.78 is 77.8. The van der Waals surface area contributed by atoms with Crippen LogP contribution >= 0.6 is 0 Å². The van der Waals surface area contributed by atoms with Gasteiger partial charge in [0, 0.05) is 37.6 Å². The third kappa shape index (κ3) is 5.46. The van der Waals surface area contributed by atoms with E-state index in [-0.39, 0.29) is 24.2 Å². The molecule has 1 saturated heterocycles. The number of nitrogens with zero attached hydrogens (tertiary/aromatic N) is 4. The minimum atomic E-state index is -5.02. The monoisotopic (exact) mass is 457 g/mol. The highest BCUT2D eigenvalue weighted by atomic mass is 19.4. The lowest BCUT2D eigenvalue weighted by Gasteiger charge is -2.32. The predicted octanol–water partition coefficient (Wildman–Crippen LogP) is 4.03. The maximum absolute atomic E-state index is 13.0. The van der Waals surface area contributed by atoms with Crippen LogP contribution < -0.4 is 10.2 Å². The molecule has 0 spiro atoms. The highest BCUT2D eigenvalue weighted by Crippen LogP contribution is 2.36. The number of nitrogens with one attached hydrogen (secondary N) is 1. The largest absolute Gasteiger partial charge is 0.416 e. The zero-order chi connectivity index (χ0) is 23.5. The number of alkyl halides is 6. The smallest absolute Gasteiger partial charge is 0.354 e. The van der Waals surface area contributed by atoms with Gasteiger partial charge in [-0.25, -0.2) is 9.97 Å². The van der Waals surface area contributed by atoms with E-state index in [0.717, 1.165) is 0 Å². The lowest BCUT2D eigenvalue weighted by molar-refractivity contribution is -0.143. The van der Waals surface area contributed by atoms with Crippen molar-refractivity contribution in [2.24, 2.45) is 5.92 Å². The molecule has 0 aliphatic carbocycles. The summed E-state index contributed by atoms with van der Waals surface area (Å²) in [6.07, 6.45) is -6.01. The molecule has 1 aromatic heterocycles. The zero-order valence-electron chi connectivity index (χ0n) is 16.5. The van der Waals surface area contributed by atoms with Crippen molar-refractivity contribution in [3.63, 3.8) is 0 Å². The van der Waals surface area contributed by atoms with Crippen LogP contribution in [0.3, 0.4) is 0 Å². The Kier molecular flexibility index (Phi) is 6.57.